The van der Waals surface area contributed by atoms with Crippen LogP contribution in [0, 0.1) is 5.92 Å². The number of nitrogens with one attached hydrogen (secondary N) is 1. The highest BCUT2D eigenvalue weighted by molar-refractivity contribution is 7.89. The lowest BCUT2D eigenvalue weighted by Crippen LogP contribution is -2.38. The van der Waals surface area contributed by atoms with Crippen LogP contribution < -0.4 is 4.72 Å². The molecule has 0 radical (unpaired) electrons. The first-order valence-electron chi connectivity index (χ1n) is 6.30. The van der Waals surface area contributed by atoms with Crippen LogP contribution in [0.5, 0.6) is 0 Å². The summed E-state index contributed by atoms with van der Waals surface area (Å²) in [5, 5.41) is 21.5. The second kappa shape index (κ2) is 5.90. The third-order valence-electron chi connectivity index (χ3n) is 3.42. The number of carboxylic acid groups (broad SMARTS) is 1. The van der Waals surface area contributed by atoms with Crippen molar-refractivity contribution in [2.75, 3.05) is 6.61 Å². The van der Waals surface area contributed by atoms with E-state index in [1.807, 2.05) is 0 Å². The first-order valence-corrected chi connectivity index (χ1v) is 7.78. The molecule has 1 aliphatic carbocycles. The molecule has 0 amide bonds. The second-order valence-corrected chi connectivity index (χ2v) is 6.58. The van der Waals surface area contributed by atoms with Gasteiger partial charge in [0.15, 0.2) is 0 Å². The molecule has 1 fully saturated rings. The zero-order valence-electron chi connectivity index (χ0n) is 10.8. The van der Waals surface area contributed by atoms with Gasteiger partial charge in [0.05, 0.1) is 6.20 Å². The minimum Gasteiger partial charge on any atom is -0.480 e. The van der Waals surface area contributed by atoms with E-state index in [9.17, 15) is 18.3 Å². The predicted molar refractivity (Wildman–Crippen MR) is 68.4 cm³/mol. The number of sulfonamides is 1. The van der Waals surface area contributed by atoms with Gasteiger partial charge in [-0.05, 0) is 18.8 Å². The number of aliphatic carboxylic acids is 1. The van der Waals surface area contributed by atoms with Crippen LogP contribution in [0.4, 0.5) is 0 Å². The Bertz CT molecular complexity index is 583. The molecule has 0 bridgehead atoms. The topological polar surface area (TPSA) is 122 Å². The summed E-state index contributed by atoms with van der Waals surface area (Å²) in [6.07, 6.45) is 4.65. The smallest absolute Gasteiger partial charge is 0.325 e. The van der Waals surface area contributed by atoms with Crippen LogP contribution in [0.2, 0.25) is 0 Å². The summed E-state index contributed by atoms with van der Waals surface area (Å²) in [5.41, 5.74) is 0. The molecule has 20 heavy (non-hydrogen) atoms. The van der Waals surface area contributed by atoms with Gasteiger partial charge in [0, 0.05) is 18.8 Å². The van der Waals surface area contributed by atoms with Gasteiger partial charge in [0.25, 0.3) is 0 Å². The largest absolute Gasteiger partial charge is 0.480 e. The van der Waals surface area contributed by atoms with Gasteiger partial charge in [-0.2, -0.15) is 5.10 Å². The minimum absolute atomic E-state index is 0.0501. The van der Waals surface area contributed by atoms with Crippen molar-refractivity contribution in [2.24, 2.45) is 5.92 Å². The average molecular weight is 303 g/mol. The number of carbonyl (C=O) groups is 1. The molecule has 2 unspecified atom stereocenters. The quantitative estimate of drug-likeness (QED) is 0.645. The molecule has 0 aromatic carbocycles. The molecule has 1 aliphatic rings. The molecule has 112 valence electrons. The van der Waals surface area contributed by atoms with Crippen molar-refractivity contribution in [1.29, 1.82) is 0 Å². The third-order valence-corrected chi connectivity index (χ3v) is 4.86. The van der Waals surface area contributed by atoms with Gasteiger partial charge in [-0.15, -0.1) is 0 Å². The molecule has 1 saturated carbocycles. The maximum atomic E-state index is 12.2. The lowest BCUT2D eigenvalue weighted by molar-refractivity contribution is -0.137. The van der Waals surface area contributed by atoms with Crippen LogP contribution in [0.25, 0.3) is 0 Å². The van der Waals surface area contributed by atoms with Crippen LogP contribution in [-0.4, -0.2) is 47.0 Å². The summed E-state index contributed by atoms with van der Waals surface area (Å²) in [6, 6.07) is -0.284. The van der Waals surface area contributed by atoms with Crippen molar-refractivity contribution in [1.82, 2.24) is 14.5 Å². The fourth-order valence-electron chi connectivity index (χ4n) is 2.39. The molecule has 3 N–H and O–H groups in total. The molecule has 8 nitrogen and oxygen atoms in total. The van der Waals surface area contributed by atoms with Gasteiger partial charge in [-0.3, -0.25) is 9.48 Å². The van der Waals surface area contributed by atoms with Crippen LogP contribution in [-0.2, 0) is 21.4 Å². The second-order valence-electron chi connectivity index (χ2n) is 4.87. The van der Waals surface area contributed by atoms with Crippen molar-refractivity contribution < 1.29 is 23.4 Å². The summed E-state index contributed by atoms with van der Waals surface area (Å²) < 4.78 is 27.9. The Morgan fingerprint density at radius 2 is 2.25 bits per heavy atom. The summed E-state index contributed by atoms with van der Waals surface area (Å²) in [7, 11) is -3.74. The maximum Gasteiger partial charge on any atom is 0.325 e. The van der Waals surface area contributed by atoms with Crippen molar-refractivity contribution in [3.63, 3.8) is 0 Å². The van der Waals surface area contributed by atoms with E-state index < -0.39 is 22.5 Å². The number of aromatic nitrogens is 2. The standard InChI is InChI=1S/C11H17N3O5S/c15-7-8-2-1-3-10(8)13-20(18,19)9-4-12-14(5-9)6-11(16)17/h4-5,8,10,13,15H,1-3,6-7H2,(H,16,17). The molecular weight excluding hydrogens is 286 g/mol. The number of aliphatic hydroxyl groups is 1. The van der Waals surface area contributed by atoms with Crippen molar-refractivity contribution in [3.05, 3.63) is 12.4 Å². The Hall–Kier alpha value is -1.45. The van der Waals surface area contributed by atoms with E-state index in [-0.39, 0.29) is 23.5 Å². The molecule has 9 heteroatoms. The lowest BCUT2D eigenvalue weighted by atomic mass is 10.1. The Morgan fingerprint density at radius 3 is 2.90 bits per heavy atom. The van der Waals surface area contributed by atoms with Crippen LogP contribution >= 0.6 is 0 Å². The summed E-state index contributed by atoms with van der Waals surface area (Å²) >= 11 is 0. The number of carboxylic acids is 1. The molecule has 0 aliphatic heterocycles. The highest BCUT2D eigenvalue weighted by Gasteiger charge is 2.31. The normalized spacial score (nSPS) is 23.1. The summed E-state index contributed by atoms with van der Waals surface area (Å²) in [5.74, 6) is -1.17. The van der Waals surface area contributed by atoms with Gasteiger partial charge in [-0.25, -0.2) is 13.1 Å². The molecule has 1 aromatic heterocycles. The molecule has 1 aromatic rings. The monoisotopic (exact) mass is 303 g/mol. The lowest BCUT2D eigenvalue weighted by Gasteiger charge is -2.18. The number of hydrogen-bond acceptors (Lipinski definition) is 5. The number of nitrogens with zero attached hydrogens (tertiary/aromatic N) is 2. The van der Waals surface area contributed by atoms with Gasteiger partial charge in [0.2, 0.25) is 10.0 Å². The Kier molecular flexibility index (Phi) is 4.41. The van der Waals surface area contributed by atoms with Gasteiger partial charge in [-0.1, -0.05) is 6.42 Å². The zero-order valence-corrected chi connectivity index (χ0v) is 11.6. The molecule has 2 atom stereocenters. The molecular formula is C11H17N3O5S. The van der Waals surface area contributed by atoms with E-state index in [2.05, 4.69) is 9.82 Å². The highest BCUT2D eigenvalue weighted by atomic mass is 32.2. The van der Waals surface area contributed by atoms with Crippen LogP contribution in [0.3, 0.4) is 0 Å². The van der Waals surface area contributed by atoms with Gasteiger partial charge >= 0.3 is 5.97 Å². The van der Waals surface area contributed by atoms with E-state index in [1.54, 1.807) is 0 Å². The predicted octanol–water partition coefficient (Wildman–Crippen LogP) is -0.593. The van der Waals surface area contributed by atoms with Crippen LogP contribution in [0.15, 0.2) is 17.3 Å². The number of hydrogen-bond donors (Lipinski definition) is 3. The molecule has 0 spiro atoms. The number of aliphatic hydroxyl groups excluding tert-OH is 1. The minimum atomic E-state index is -3.74. The van der Waals surface area contributed by atoms with Gasteiger partial charge in [0.1, 0.15) is 11.4 Å². The summed E-state index contributed by atoms with van der Waals surface area (Å²) in [4.78, 5) is 10.5. The third kappa shape index (κ3) is 3.35. The van der Waals surface area contributed by atoms with E-state index in [0.717, 1.165) is 23.7 Å². The first-order chi connectivity index (χ1) is 9.42. The van der Waals surface area contributed by atoms with Crippen molar-refractivity contribution in [3.8, 4) is 0 Å². The summed E-state index contributed by atoms with van der Waals surface area (Å²) in [6.45, 7) is -0.441. The van der Waals surface area contributed by atoms with E-state index in [4.69, 9.17) is 5.11 Å². The highest BCUT2D eigenvalue weighted by Crippen LogP contribution is 2.26. The van der Waals surface area contributed by atoms with Gasteiger partial charge < -0.3 is 10.2 Å². The van der Waals surface area contributed by atoms with Crippen LogP contribution in [0.1, 0.15) is 19.3 Å². The number of rotatable bonds is 6. The SMILES string of the molecule is O=C(O)Cn1cc(S(=O)(=O)NC2CCCC2CO)cn1. The molecule has 1 heterocycles. The van der Waals surface area contributed by atoms with E-state index in [0.29, 0.717) is 6.42 Å². The Labute approximate surface area is 116 Å². The fourth-order valence-corrected chi connectivity index (χ4v) is 3.68. The zero-order chi connectivity index (χ0) is 14.8. The van der Waals surface area contributed by atoms with Crippen molar-refractivity contribution in [2.45, 2.75) is 36.7 Å². The van der Waals surface area contributed by atoms with E-state index in [1.165, 1.54) is 6.20 Å². The fraction of sp³-hybridized carbons (Fsp3) is 0.636. The Morgan fingerprint density at radius 1 is 1.50 bits per heavy atom. The first kappa shape index (κ1) is 14.9. The average Bonchev–Trinajstić information content (AvgIpc) is 2.97. The Balaban J connectivity index is 2.10. The molecule has 2 rings (SSSR count). The van der Waals surface area contributed by atoms with Crippen molar-refractivity contribution >= 4 is 16.0 Å². The van der Waals surface area contributed by atoms with E-state index >= 15 is 0 Å². The maximum absolute atomic E-state index is 12.2. The molecule has 0 saturated heterocycles.